The molecular formula is C21H25ClN2O5S. The van der Waals surface area contributed by atoms with Crippen LogP contribution in [0.3, 0.4) is 0 Å². The van der Waals surface area contributed by atoms with Crippen LogP contribution in [0.15, 0.2) is 36.4 Å². The van der Waals surface area contributed by atoms with E-state index in [1.807, 2.05) is 18.2 Å². The molecule has 0 aromatic heterocycles. The number of fused-ring (bicyclic) bond motifs is 1. The lowest BCUT2D eigenvalue weighted by Crippen LogP contribution is -2.42. The molecule has 2 aromatic rings. The molecule has 0 spiro atoms. The van der Waals surface area contributed by atoms with Gasteiger partial charge in [0.2, 0.25) is 15.9 Å². The zero-order valence-corrected chi connectivity index (χ0v) is 18.7. The zero-order valence-electron chi connectivity index (χ0n) is 17.1. The first-order valence-electron chi connectivity index (χ1n) is 9.50. The molecule has 3 rings (SSSR count). The van der Waals surface area contributed by atoms with Crippen molar-refractivity contribution in [2.45, 2.75) is 25.3 Å². The highest BCUT2D eigenvalue weighted by Gasteiger charge is 2.26. The summed E-state index contributed by atoms with van der Waals surface area (Å²) in [7, 11) is -0.611. The van der Waals surface area contributed by atoms with E-state index in [0.717, 1.165) is 46.7 Å². The Bertz CT molecular complexity index is 1040. The van der Waals surface area contributed by atoms with Gasteiger partial charge in [0.05, 0.1) is 37.2 Å². The van der Waals surface area contributed by atoms with E-state index in [1.165, 1.54) is 13.2 Å². The summed E-state index contributed by atoms with van der Waals surface area (Å²) in [4.78, 5) is 12.8. The normalized spacial score (nSPS) is 15.8. The Kier molecular flexibility index (Phi) is 6.77. The maximum Gasteiger partial charge on any atom is 0.241 e. The molecule has 1 unspecified atom stereocenters. The average molecular weight is 453 g/mol. The molecule has 1 amide bonds. The fourth-order valence-corrected chi connectivity index (χ4v) is 4.75. The number of hydrogen-bond acceptors (Lipinski definition) is 5. The second-order valence-corrected chi connectivity index (χ2v) is 9.48. The van der Waals surface area contributed by atoms with Gasteiger partial charge in [0.25, 0.3) is 0 Å². The fraction of sp³-hybridized carbons (Fsp3) is 0.381. The Balaban J connectivity index is 1.79. The third kappa shape index (κ3) is 4.99. The summed E-state index contributed by atoms with van der Waals surface area (Å²) < 4.78 is 36.1. The maximum absolute atomic E-state index is 12.8. The summed E-state index contributed by atoms with van der Waals surface area (Å²) >= 11 is 6.14. The first-order valence-corrected chi connectivity index (χ1v) is 11.7. The van der Waals surface area contributed by atoms with Gasteiger partial charge >= 0.3 is 0 Å². The summed E-state index contributed by atoms with van der Waals surface area (Å²) in [6, 6.07) is 10.2. The number of rotatable bonds is 7. The third-order valence-electron chi connectivity index (χ3n) is 5.11. The maximum atomic E-state index is 12.8. The van der Waals surface area contributed by atoms with Gasteiger partial charge in [0.1, 0.15) is 18.0 Å². The number of halogens is 1. The van der Waals surface area contributed by atoms with E-state index in [0.29, 0.717) is 11.4 Å². The van der Waals surface area contributed by atoms with Crippen LogP contribution in [0.25, 0.3) is 0 Å². The molecular weight excluding hydrogens is 428 g/mol. The van der Waals surface area contributed by atoms with Crippen LogP contribution in [0, 0.1) is 0 Å². The SMILES string of the molecule is COc1ccc2c(c1)CCCC2NC(=O)CN(c1ccc(OC)c(Cl)c1)S(C)(=O)=O. The van der Waals surface area contributed by atoms with E-state index in [-0.39, 0.29) is 23.5 Å². The number of hydrogen-bond donors (Lipinski definition) is 1. The average Bonchev–Trinajstić information content (AvgIpc) is 2.71. The fourth-order valence-electron chi connectivity index (χ4n) is 3.65. The molecule has 0 bridgehead atoms. The second kappa shape index (κ2) is 9.14. The monoisotopic (exact) mass is 452 g/mol. The molecule has 162 valence electrons. The molecule has 0 heterocycles. The van der Waals surface area contributed by atoms with Gasteiger partial charge in [0.15, 0.2) is 0 Å². The minimum Gasteiger partial charge on any atom is -0.497 e. The first-order chi connectivity index (χ1) is 14.2. The summed E-state index contributed by atoms with van der Waals surface area (Å²) in [5, 5.41) is 3.24. The largest absolute Gasteiger partial charge is 0.497 e. The van der Waals surface area contributed by atoms with Crippen LogP contribution in [0.1, 0.15) is 30.0 Å². The van der Waals surface area contributed by atoms with Crippen molar-refractivity contribution in [1.82, 2.24) is 5.32 Å². The van der Waals surface area contributed by atoms with Crippen LogP contribution in [-0.4, -0.2) is 41.3 Å². The molecule has 0 fully saturated rings. The highest BCUT2D eigenvalue weighted by atomic mass is 35.5. The molecule has 7 nitrogen and oxygen atoms in total. The van der Waals surface area contributed by atoms with Crippen LogP contribution < -0.4 is 19.1 Å². The molecule has 1 N–H and O–H groups in total. The van der Waals surface area contributed by atoms with E-state index in [9.17, 15) is 13.2 Å². The number of aryl methyl sites for hydroxylation is 1. The Labute approximate surface area is 182 Å². The number of ether oxygens (including phenoxy) is 2. The minimum absolute atomic E-state index is 0.173. The lowest BCUT2D eigenvalue weighted by Gasteiger charge is -2.28. The Morgan fingerprint density at radius 3 is 2.60 bits per heavy atom. The van der Waals surface area contributed by atoms with E-state index >= 15 is 0 Å². The number of anilines is 1. The highest BCUT2D eigenvalue weighted by molar-refractivity contribution is 7.92. The van der Waals surface area contributed by atoms with E-state index in [4.69, 9.17) is 21.1 Å². The Morgan fingerprint density at radius 2 is 1.97 bits per heavy atom. The number of benzene rings is 2. The van der Waals surface area contributed by atoms with Crippen molar-refractivity contribution in [2.75, 3.05) is 31.3 Å². The van der Waals surface area contributed by atoms with Crippen molar-refractivity contribution in [1.29, 1.82) is 0 Å². The van der Waals surface area contributed by atoms with Crippen molar-refractivity contribution in [3.05, 3.63) is 52.5 Å². The highest BCUT2D eigenvalue weighted by Crippen LogP contribution is 2.33. The topological polar surface area (TPSA) is 84.9 Å². The summed E-state index contributed by atoms with van der Waals surface area (Å²) in [5.74, 6) is 0.814. The van der Waals surface area contributed by atoms with Gasteiger partial charge in [-0.15, -0.1) is 0 Å². The predicted octanol–water partition coefficient (Wildman–Crippen LogP) is 3.32. The zero-order chi connectivity index (χ0) is 21.9. The summed E-state index contributed by atoms with van der Waals surface area (Å²) in [5.41, 5.74) is 2.47. The van der Waals surface area contributed by atoms with Gasteiger partial charge in [0, 0.05) is 0 Å². The van der Waals surface area contributed by atoms with E-state index < -0.39 is 10.0 Å². The number of carbonyl (C=O) groups is 1. The van der Waals surface area contributed by atoms with E-state index in [1.54, 1.807) is 19.2 Å². The Hall–Kier alpha value is -2.45. The van der Waals surface area contributed by atoms with Gasteiger partial charge < -0.3 is 14.8 Å². The van der Waals surface area contributed by atoms with Crippen molar-refractivity contribution in [3.8, 4) is 11.5 Å². The van der Waals surface area contributed by atoms with Crippen LogP contribution in [0.5, 0.6) is 11.5 Å². The Morgan fingerprint density at radius 1 is 1.20 bits per heavy atom. The number of nitrogens with zero attached hydrogens (tertiary/aromatic N) is 1. The molecule has 0 saturated carbocycles. The van der Waals surface area contributed by atoms with Gasteiger partial charge in [-0.05, 0) is 60.7 Å². The molecule has 30 heavy (non-hydrogen) atoms. The number of amides is 1. The van der Waals surface area contributed by atoms with Crippen molar-refractivity contribution < 1.29 is 22.7 Å². The molecule has 1 atom stereocenters. The quantitative estimate of drug-likeness (QED) is 0.696. The standard InChI is InChI=1S/C21H25ClN2O5S/c1-28-16-8-9-17-14(11-16)5-4-6-19(17)23-21(25)13-24(30(3,26)27)15-7-10-20(29-2)18(22)12-15/h7-12,19H,4-6,13H2,1-3H3,(H,23,25). The predicted molar refractivity (Wildman–Crippen MR) is 117 cm³/mol. The van der Waals surface area contributed by atoms with E-state index in [2.05, 4.69) is 5.32 Å². The number of sulfonamides is 1. The lowest BCUT2D eigenvalue weighted by molar-refractivity contribution is -0.120. The molecule has 0 saturated heterocycles. The minimum atomic E-state index is -3.70. The van der Waals surface area contributed by atoms with Crippen LogP contribution in [0.2, 0.25) is 5.02 Å². The summed E-state index contributed by atoms with van der Waals surface area (Å²) in [6.07, 6.45) is 3.69. The van der Waals surface area contributed by atoms with Gasteiger partial charge in [-0.25, -0.2) is 8.42 Å². The van der Waals surface area contributed by atoms with Crippen LogP contribution in [-0.2, 0) is 21.2 Å². The van der Waals surface area contributed by atoms with Crippen molar-refractivity contribution in [3.63, 3.8) is 0 Å². The van der Waals surface area contributed by atoms with Gasteiger partial charge in [-0.2, -0.15) is 0 Å². The number of methoxy groups -OCH3 is 2. The van der Waals surface area contributed by atoms with Crippen molar-refractivity contribution >= 4 is 33.2 Å². The van der Waals surface area contributed by atoms with Gasteiger partial charge in [-0.1, -0.05) is 17.7 Å². The third-order valence-corrected chi connectivity index (χ3v) is 6.55. The van der Waals surface area contributed by atoms with Crippen LogP contribution >= 0.6 is 11.6 Å². The first kappa shape index (κ1) is 22.2. The molecule has 1 aliphatic carbocycles. The smallest absolute Gasteiger partial charge is 0.241 e. The molecule has 9 heteroatoms. The lowest BCUT2D eigenvalue weighted by atomic mass is 9.87. The number of nitrogens with one attached hydrogen (secondary N) is 1. The molecule has 2 aromatic carbocycles. The molecule has 1 aliphatic rings. The van der Waals surface area contributed by atoms with Crippen LogP contribution in [0.4, 0.5) is 5.69 Å². The summed E-state index contributed by atoms with van der Waals surface area (Å²) in [6.45, 7) is -0.344. The molecule has 0 radical (unpaired) electrons. The van der Waals surface area contributed by atoms with Gasteiger partial charge in [-0.3, -0.25) is 9.10 Å². The number of carbonyl (C=O) groups excluding carboxylic acids is 1. The molecule has 0 aliphatic heterocycles. The second-order valence-electron chi connectivity index (χ2n) is 7.17. The van der Waals surface area contributed by atoms with Crippen molar-refractivity contribution in [2.24, 2.45) is 0 Å².